The number of hydrogen-bond acceptors (Lipinski definition) is 6. The van der Waals surface area contributed by atoms with Gasteiger partial charge in [-0.3, -0.25) is 9.88 Å². The number of nitrogens with zero attached hydrogens (tertiary/aromatic N) is 4. The number of hydrogen-bond donors (Lipinski definition) is 0. The molecule has 2 aromatic rings. The molecule has 0 radical (unpaired) electrons. The van der Waals surface area contributed by atoms with Crippen LogP contribution in [0.25, 0.3) is 0 Å². The monoisotopic (exact) mass is 342 g/mol. The molecule has 3 heterocycles. The Bertz CT molecular complexity index is 675. The van der Waals surface area contributed by atoms with Crippen LogP contribution >= 0.6 is 0 Å². The van der Waals surface area contributed by atoms with E-state index in [1.807, 2.05) is 44.7 Å². The zero-order valence-electron chi connectivity index (χ0n) is 15.2. The Morgan fingerprint density at radius 2 is 2.12 bits per heavy atom. The van der Waals surface area contributed by atoms with E-state index < -0.39 is 0 Å². The fourth-order valence-corrected chi connectivity index (χ4v) is 3.05. The zero-order chi connectivity index (χ0) is 17.6. The minimum atomic E-state index is 0.223. The van der Waals surface area contributed by atoms with Gasteiger partial charge in [0, 0.05) is 50.7 Å². The second kappa shape index (κ2) is 8.27. The van der Waals surface area contributed by atoms with Crippen molar-refractivity contribution in [3.05, 3.63) is 47.9 Å². The SMILES string of the molecule is COc1ccc(CN2CCC(Oc3ccnc(CN(C)C)c3)C2)cn1. The summed E-state index contributed by atoms with van der Waals surface area (Å²) in [6.07, 6.45) is 4.96. The van der Waals surface area contributed by atoms with Crippen LogP contribution in [0.2, 0.25) is 0 Å². The molecule has 134 valence electrons. The second-order valence-corrected chi connectivity index (χ2v) is 6.69. The lowest BCUT2D eigenvalue weighted by Crippen LogP contribution is -2.24. The third kappa shape index (κ3) is 5.14. The van der Waals surface area contributed by atoms with Crippen molar-refractivity contribution in [3.63, 3.8) is 0 Å². The summed E-state index contributed by atoms with van der Waals surface area (Å²) >= 11 is 0. The summed E-state index contributed by atoms with van der Waals surface area (Å²) in [5.41, 5.74) is 2.22. The van der Waals surface area contributed by atoms with Gasteiger partial charge >= 0.3 is 0 Å². The van der Waals surface area contributed by atoms with Gasteiger partial charge in [-0.25, -0.2) is 4.98 Å². The summed E-state index contributed by atoms with van der Waals surface area (Å²) in [5.74, 6) is 1.56. The normalized spacial score (nSPS) is 17.8. The lowest BCUT2D eigenvalue weighted by atomic mass is 10.2. The second-order valence-electron chi connectivity index (χ2n) is 6.69. The Kier molecular flexibility index (Phi) is 5.83. The maximum absolute atomic E-state index is 6.17. The number of likely N-dealkylation sites (tertiary alicyclic amines) is 1. The topological polar surface area (TPSA) is 50.7 Å². The van der Waals surface area contributed by atoms with Crippen LogP contribution in [0, 0.1) is 0 Å². The van der Waals surface area contributed by atoms with Crippen molar-refractivity contribution in [1.82, 2.24) is 19.8 Å². The van der Waals surface area contributed by atoms with Crippen molar-refractivity contribution in [3.8, 4) is 11.6 Å². The number of methoxy groups -OCH3 is 1. The summed E-state index contributed by atoms with van der Waals surface area (Å²) in [7, 11) is 5.71. The highest BCUT2D eigenvalue weighted by Crippen LogP contribution is 2.20. The smallest absolute Gasteiger partial charge is 0.212 e. The van der Waals surface area contributed by atoms with E-state index in [1.165, 1.54) is 5.56 Å². The largest absolute Gasteiger partial charge is 0.489 e. The summed E-state index contributed by atoms with van der Waals surface area (Å²) in [5, 5.41) is 0. The summed E-state index contributed by atoms with van der Waals surface area (Å²) in [6, 6.07) is 7.95. The van der Waals surface area contributed by atoms with Crippen molar-refractivity contribution in [1.29, 1.82) is 0 Å². The molecule has 25 heavy (non-hydrogen) atoms. The predicted octanol–water partition coefficient (Wildman–Crippen LogP) is 2.20. The van der Waals surface area contributed by atoms with Crippen LogP contribution in [0.3, 0.4) is 0 Å². The van der Waals surface area contributed by atoms with Gasteiger partial charge in [-0.05, 0) is 32.1 Å². The minimum Gasteiger partial charge on any atom is -0.489 e. The molecule has 1 saturated heterocycles. The van der Waals surface area contributed by atoms with E-state index in [0.29, 0.717) is 5.88 Å². The summed E-state index contributed by atoms with van der Waals surface area (Å²) in [6.45, 7) is 3.67. The number of ether oxygens (including phenoxy) is 2. The van der Waals surface area contributed by atoms with Crippen LogP contribution in [0.1, 0.15) is 17.7 Å². The molecule has 0 aromatic carbocycles. The van der Waals surface area contributed by atoms with Gasteiger partial charge in [0.05, 0.1) is 12.8 Å². The molecule has 0 spiro atoms. The Hall–Kier alpha value is -2.18. The molecule has 1 unspecified atom stereocenters. The molecule has 0 bridgehead atoms. The first kappa shape index (κ1) is 17.6. The average molecular weight is 342 g/mol. The van der Waals surface area contributed by atoms with E-state index >= 15 is 0 Å². The van der Waals surface area contributed by atoms with Crippen LogP contribution in [-0.2, 0) is 13.1 Å². The Labute approximate surface area is 149 Å². The molecule has 1 aliphatic heterocycles. The Morgan fingerprint density at radius 3 is 2.84 bits per heavy atom. The standard InChI is InChI=1S/C19H26N4O2/c1-22(2)13-16-10-17(6-8-20-16)25-18-7-9-23(14-18)12-15-4-5-19(24-3)21-11-15/h4-6,8,10-11,18H,7,9,12-14H2,1-3H3. The summed E-state index contributed by atoms with van der Waals surface area (Å²) < 4.78 is 11.3. The lowest BCUT2D eigenvalue weighted by Gasteiger charge is -2.17. The van der Waals surface area contributed by atoms with Crippen LogP contribution in [0.5, 0.6) is 11.6 Å². The maximum Gasteiger partial charge on any atom is 0.212 e. The molecule has 3 rings (SSSR count). The van der Waals surface area contributed by atoms with E-state index in [4.69, 9.17) is 9.47 Å². The van der Waals surface area contributed by atoms with Crippen LogP contribution in [0.4, 0.5) is 0 Å². The molecule has 6 nitrogen and oxygen atoms in total. The molecule has 0 amide bonds. The quantitative estimate of drug-likeness (QED) is 0.769. The van der Waals surface area contributed by atoms with Gasteiger partial charge in [-0.15, -0.1) is 0 Å². The van der Waals surface area contributed by atoms with E-state index in [9.17, 15) is 0 Å². The third-order valence-corrected chi connectivity index (χ3v) is 4.21. The molecule has 1 aliphatic rings. The molecule has 0 aliphatic carbocycles. The first-order chi connectivity index (χ1) is 12.1. The van der Waals surface area contributed by atoms with Gasteiger partial charge in [0.25, 0.3) is 0 Å². The molecule has 1 atom stereocenters. The lowest BCUT2D eigenvalue weighted by molar-refractivity contribution is 0.198. The van der Waals surface area contributed by atoms with Crippen LogP contribution < -0.4 is 9.47 Å². The highest BCUT2D eigenvalue weighted by Gasteiger charge is 2.24. The summed E-state index contributed by atoms with van der Waals surface area (Å²) in [4.78, 5) is 13.2. The maximum atomic E-state index is 6.17. The van der Waals surface area contributed by atoms with Crippen molar-refractivity contribution < 1.29 is 9.47 Å². The van der Waals surface area contributed by atoms with E-state index in [0.717, 1.165) is 44.0 Å². The molecular formula is C19H26N4O2. The van der Waals surface area contributed by atoms with Gasteiger partial charge in [-0.2, -0.15) is 0 Å². The molecule has 1 fully saturated rings. The van der Waals surface area contributed by atoms with Gasteiger partial charge in [0.1, 0.15) is 11.9 Å². The number of pyridine rings is 2. The zero-order valence-corrected chi connectivity index (χ0v) is 15.2. The van der Waals surface area contributed by atoms with Gasteiger partial charge < -0.3 is 14.4 Å². The molecule has 2 aromatic heterocycles. The van der Waals surface area contributed by atoms with E-state index in [1.54, 1.807) is 7.11 Å². The molecule has 0 saturated carbocycles. The fraction of sp³-hybridized carbons (Fsp3) is 0.474. The first-order valence-corrected chi connectivity index (χ1v) is 8.60. The van der Waals surface area contributed by atoms with Gasteiger partial charge in [0.15, 0.2) is 0 Å². The Morgan fingerprint density at radius 1 is 1.24 bits per heavy atom. The van der Waals surface area contributed by atoms with E-state index in [2.05, 4.69) is 25.8 Å². The number of aromatic nitrogens is 2. The fourth-order valence-electron chi connectivity index (χ4n) is 3.05. The van der Waals surface area contributed by atoms with Gasteiger partial charge in [-0.1, -0.05) is 6.07 Å². The van der Waals surface area contributed by atoms with Crippen LogP contribution in [-0.4, -0.2) is 60.2 Å². The minimum absolute atomic E-state index is 0.223. The van der Waals surface area contributed by atoms with E-state index in [-0.39, 0.29) is 6.10 Å². The first-order valence-electron chi connectivity index (χ1n) is 8.60. The van der Waals surface area contributed by atoms with Crippen molar-refractivity contribution in [2.75, 3.05) is 34.3 Å². The highest BCUT2D eigenvalue weighted by molar-refractivity contribution is 5.23. The highest BCUT2D eigenvalue weighted by atomic mass is 16.5. The predicted molar refractivity (Wildman–Crippen MR) is 96.7 cm³/mol. The van der Waals surface area contributed by atoms with Gasteiger partial charge in [0.2, 0.25) is 5.88 Å². The van der Waals surface area contributed by atoms with Crippen molar-refractivity contribution in [2.45, 2.75) is 25.6 Å². The average Bonchev–Trinajstić information content (AvgIpc) is 3.02. The van der Waals surface area contributed by atoms with Crippen molar-refractivity contribution >= 4 is 0 Å². The molecule has 6 heteroatoms. The third-order valence-electron chi connectivity index (χ3n) is 4.21. The van der Waals surface area contributed by atoms with Crippen LogP contribution in [0.15, 0.2) is 36.7 Å². The molecule has 0 N–H and O–H groups in total. The molecular weight excluding hydrogens is 316 g/mol. The van der Waals surface area contributed by atoms with Crippen molar-refractivity contribution in [2.24, 2.45) is 0 Å². The Balaban J connectivity index is 1.52. The number of rotatable bonds is 7.